The van der Waals surface area contributed by atoms with Crippen molar-refractivity contribution in [1.29, 1.82) is 0 Å². The molecule has 0 bridgehead atoms. The van der Waals surface area contributed by atoms with Crippen molar-refractivity contribution < 1.29 is 23.1 Å². The van der Waals surface area contributed by atoms with Gasteiger partial charge in [0, 0.05) is 25.2 Å². The first-order chi connectivity index (χ1) is 12.2. The van der Waals surface area contributed by atoms with E-state index in [-0.39, 0.29) is 24.1 Å². The molecule has 142 valence electrons. The molecule has 0 aromatic heterocycles. The van der Waals surface area contributed by atoms with Gasteiger partial charge in [-0.1, -0.05) is 6.92 Å². The molecule has 0 saturated carbocycles. The highest BCUT2D eigenvalue weighted by atomic mass is 32.2. The Bertz CT molecular complexity index is 836. The molecule has 2 heterocycles. The zero-order valence-electron chi connectivity index (χ0n) is 15.0. The minimum absolute atomic E-state index is 0.128. The van der Waals surface area contributed by atoms with Crippen molar-refractivity contribution in [1.82, 2.24) is 4.90 Å². The van der Waals surface area contributed by atoms with Crippen molar-refractivity contribution in [3.8, 4) is 0 Å². The van der Waals surface area contributed by atoms with Gasteiger partial charge in [-0.25, -0.2) is 8.42 Å². The molecule has 3 rings (SSSR count). The predicted octanol–water partition coefficient (Wildman–Crippen LogP) is 1.72. The number of hydrogen-bond donors (Lipinski definition) is 1. The highest BCUT2D eigenvalue weighted by molar-refractivity contribution is 7.93. The van der Waals surface area contributed by atoms with Gasteiger partial charge in [0.15, 0.2) is 0 Å². The fourth-order valence-corrected chi connectivity index (χ4v) is 5.40. The average molecular weight is 380 g/mol. The molecule has 0 spiro atoms. The van der Waals surface area contributed by atoms with E-state index in [2.05, 4.69) is 0 Å². The molecule has 2 saturated heterocycles. The van der Waals surface area contributed by atoms with E-state index in [1.54, 1.807) is 30.0 Å². The maximum atomic E-state index is 12.9. The van der Waals surface area contributed by atoms with Gasteiger partial charge in [0.05, 0.1) is 17.4 Å². The smallest absolute Gasteiger partial charge is 0.308 e. The Morgan fingerprint density at radius 1 is 1.23 bits per heavy atom. The van der Waals surface area contributed by atoms with E-state index in [1.807, 2.05) is 6.92 Å². The summed E-state index contributed by atoms with van der Waals surface area (Å²) in [6, 6.07) is 5.03. The number of anilines is 1. The second kappa shape index (κ2) is 6.90. The lowest BCUT2D eigenvalue weighted by atomic mass is 9.90. The molecule has 2 atom stereocenters. The Balaban J connectivity index is 1.83. The summed E-state index contributed by atoms with van der Waals surface area (Å²) in [5.41, 5.74) is 1.76. The molecule has 2 aliphatic heterocycles. The number of piperidine rings is 1. The summed E-state index contributed by atoms with van der Waals surface area (Å²) in [6.45, 7) is 4.93. The van der Waals surface area contributed by atoms with Crippen molar-refractivity contribution >= 4 is 27.6 Å². The van der Waals surface area contributed by atoms with Crippen molar-refractivity contribution in [3.63, 3.8) is 0 Å². The minimum atomic E-state index is -3.26. The molecule has 2 fully saturated rings. The third kappa shape index (κ3) is 3.56. The molecule has 2 unspecified atom stereocenters. The van der Waals surface area contributed by atoms with Crippen molar-refractivity contribution in [2.45, 2.75) is 26.7 Å². The van der Waals surface area contributed by atoms with Gasteiger partial charge in [-0.2, -0.15) is 0 Å². The lowest BCUT2D eigenvalue weighted by Gasteiger charge is -2.35. The van der Waals surface area contributed by atoms with Gasteiger partial charge in [0.2, 0.25) is 10.0 Å². The van der Waals surface area contributed by atoms with E-state index < -0.39 is 21.9 Å². The van der Waals surface area contributed by atoms with E-state index in [9.17, 15) is 23.1 Å². The van der Waals surface area contributed by atoms with Crippen LogP contribution in [-0.4, -0.2) is 55.7 Å². The Kier molecular flexibility index (Phi) is 4.96. The lowest BCUT2D eigenvalue weighted by Crippen LogP contribution is -2.45. The van der Waals surface area contributed by atoms with Crippen LogP contribution in [-0.2, 0) is 14.8 Å². The van der Waals surface area contributed by atoms with Crippen LogP contribution in [0.1, 0.15) is 35.7 Å². The van der Waals surface area contributed by atoms with Gasteiger partial charge in [-0.3, -0.25) is 13.9 Å². The van der Waals surface area contributed by atoms with Crippen LogP contribution >= 0.6 is 0 Å². The number of carboxylic acid groups (broad SMARTS) is 1. The number of carbonyl (C=O) groups excluding carboxylic acids is 1. The molecule has 26 heavy (non-hydrogen) atoms. The molecule has 1 aromatic carbocycles. The summed E-state index contributed by atoms with van der Waals surface area (Å²) in [7, 11) is -3.26. The number of nitrogens with zero attached hydrogens (tertiary/aromatic N) is 2. The molecule has 7 nitrogen and oxygen atoms in total. The molecule has 1 N–H and O–H groups in total. The maximum Gasteiger partial charge on any atom is 0.308 e. The number of sulfonamides is 1. The van der Waals surface area contributed by atoms with Gasteiger partial charge in [-0.15, -0.1) is 0 Å². The quantitative estimate of drug-likeness (QED) is 0.861. The minimum Gasteiger partial charge on any atom is -0.481 e. The number of amides is 1. The SMILES string of the molecule is Cc1cc(N2CCCS2(=O)=O)ccc1C(=O)N1CC(C)CC(C(=O)O)C1. The zero-order chi connectivity index (χ0) is 19.1. The van der Waals surface area contributed by atoms with E-state index in [0.29, 0.717) is 42.7 Å². The number of aryl methyl sites for hydroxylation is 1. The Labute approximate surface area is 153 Å². The summed E-state index contributed by atoms with van der Waals surface area (Å²) < 4.78 is 25.5. The topological polar surface area (TPSA) is 95.0 Å². The summed E-state index contributed by atoms with van der Waals surface area (Å²) in [5.74, 6) is -1.34. The highest BCUT2D eigenvalue weighted by Crippen LogP contribution is 2.28. The Morgan fingerprint density at radius 3 is 2.54 bits per heavy atom. The first-order valence-corrected chi connectivity index (χ1v) is 10.4. The zero-order valence-corrected chi connectivity index (χ0v) is 15.8. The second-order valence-corrected chi connectivity index (χ2v) is 9.34. The predicted molar refractivity (Wildman–Crippen MR) is 97.7 cm³/mol. The third-order valence-corrected chi connectivity index (χ3v) is 6.99. The molecule has 0 radical (unpaired) electrons. The monoisotopic (exact) mass is 380 g/mol. The van der Waals surface area contributed by atoms with E-state index in [0.717, 1.165) is 0 Å². The van der Waals surface area contributed by atoms with Crippen LogP contribution in [0, 0.1) is 18.8 Å². The van der Waals surface area contributed by atoms with Gasteiger partial charge in [0.25, 0.3) is 5.91 Å². The summed E-state index contributed by atoms with van der Waals surface area (Å²) >= 11 is 0. The van der Waals surface area contributed by atoms with Gasteiger partial charge >= 0.3 is 5.97 Å². The first kappa shape index (κ1) is 18.7. The summed E-state index contributed by atoms with van der Waals surface area (Å²) in [4.78, 5) is 25.8. The van der Waals surface area contributed by atoms with Crippen LogP contribution in [0.3, 0.4) is 0 Å². The fourth-order valence-electron chi connectivity index (χ4n) is 3.84. The molecule has 1 aromatic rings. The average Bonchev–Trinajstić information content (AvgIpc) is 2.92. The Morgan fingerprint density at radius 2 is 1.96 bits per heavy atom. The summed E-state index contributed by atoms with van der Waals surface area (Å²) in [5, 5.41) is 9.29. The van der Waals surface area contributed by atoms with Crippen LogP contribution in [0.25, 0.3) is 0 Å². The summed E-state index contributed by atoms with van der Waals surface area (Å²) in [6.07, 6.45) is 1.17. The van der Waals surface area contributed by atoms with Crippen LogP contribution in [0.5, 0.6) is 0 Å². The molecule has 0 aliphatic carbocycles. The van der Waals surface area contributed by atoms with E-state index in [4.69, 9.17) is 0 Å². The highest BCUT2D eigenvalue weighted by Gasteiger charge is 2.33. The molecule has 1 amide bonds. The lowest BCUT2D eigenvalue weighted by molar-refractivity contribution is -0.143. The van der Waals surface area contributed by atoms with Crippen LogP contribution in [0.2, 0.25) is 0 Å². The number of likely N-dealkylation sites (tertiary alicyclic amines) is 1. The fraction of sp³-hybridized carbons (Fsp3) is 0.556. The maximum absolute atomic E-state index is 12.9. The third-order valence-electron chi connectivity index (χ3n) is 5.12. The van der Waals surface area contributed by atoms with E-state index >= 15 is 0 Å². The van der Waals surface area contributed by atoms with Crippen LogP contribution in [0.15, 0.2) is 18.2 Å². The molecule has 2 aliphatic rings. The van der Waals surface area contributed by atoms with Crippen molar-refractivity contribution in [3.05, 3.63) is 29.3 Å². The number of aliphatic carboxylic acids is 1. The number of carboxylic acids is 1. The van der Waals surface area contributed by atoms with Crippen molar-refractivity contribution in [2.24, 2.45) is 11.8 Å². The Hall–Kier alpha value is -2.09. The van der Waals surface area contributed by atoms with Gasteiger partial charge < -0.3 is 10.0 Å². The molecule has 8 heteroatoms. The second-order valence-electron chi connectivity index (χ2n) is 7.33. The van der Waals surface area contributed by atoms with Crippen LogP contribution < -0.4 is 4.31 Å². The van der Waals surface area contributed by atoms with Crippen LogP contribution in [0.4, 0.5) is 5.69 Å². The number of carbonyl (C=O) groups is 2. The largest absolute Gasteiger partial charge is 0.481 e. The van der Waals surface area contributed by atoms with Crippen molar-refractivity contribution in [2.75, 3.05) is 29.7 Å². The number of benzene rings is 1. The van der Waals surface area contributed by atoms with Gasteiger partial charge in [0.1, 0.15) is 0 Å². The number of hydrogen-bond acceptors (Lipinski definition) is 4. The first-order valence-electron chi connectivity index (χ1n) is 8.82. The molecular weight excluding hydrogens is 356 g/mol. The standard InChI is InChI=1S/C18H24N2O5S/c1-12-8-14(18(22)23)11-19(10-12)17(21)16-5-4-15(9-13(16)2)20-6-3-7-26(20,24)25/h4-5,9,12,14H,3,6-8,10-11H2,1-2H3,(H,22,23). The normalized spacial score (nSPS) is 25.3. The number of rotatable bonds is 3. The van der Waals surface area contributed by atoms with Gasteiger partial charge in [-0.05, 0) is 49.4 Å². The molecular formula is C18H24N2O5S. The van der Waals surface area contributed by atoms with E-state index in [1.165, 1.54) is 4.31 Å².